The fourth-order valence-electron chi connectivity index (χ4n) is 2.11. The molecule has 1 atom stereocenters. The molecule has 0 fully saturated rings. The first kappa shape index (κ1) is 13.3. The SMILES string of the molecule is CCCCC(CC)N(N)c1nc2ccccc2s1. The summed E-state index contributed by atoms with van der Waals surface area (Å²) in [6, 6.07) is 8.58. The number of hydrogen-bond donors (Lipinski definition) is 1. The molecule has 1 aromatic heterocycles. The fraction of sp³-hybridized carbons (Fsp3) is 0.500. The molecule has 0 spiro atoms. The second-order valence-corrected chi connectivity index (χ2v) is 5.58. The first-order valence-corrected chi connectivity index (χ1v) is 7.47. The third kappa shape index (κ3) is 2.82. The summed E-state index contributed by atoms with van der Waals surface area (Å²) in [5, 5.41) is 2.79. The lowest BCUT2D eigenvalue weighted by molar-refractivity contribution is 0.520. The molecule has 1 heterocycles. The molecule has 3 nitrogen and oxygen atoms in total. The molecule has 2 N–H and O–H groups in total. The molecule has 2 rings (SSSR count). The van der Waals surface area contributed by atoms with Crippen LogP contribution in [0.4, 0.5) is 5.13 Å². The highest BCUT2D eigenvalue weighted by Crippen LogP contribution is 2.29. The van der Waals surface area contributed by atoms with E-state index in [1.165, 1.54) is 17.5 Å². The number of fused-ring (bicyclic) bond motifs is 1. The molecule has 0 aliphatic heterocycles. The Bertz CT molecular complexity index is 461. The van der Waals surface area contributed by atoms with Crippen molar-refractivity contribution < 1.29 is 0 Å². The van der Waals surface area contributed by atoms with Crippen molar-refractivity contribution >= 4 is 26.7 Å². The van der Waals surface area contributed by atoms with Gasteiger partial charge in [0.2, 0.25) is 5.13 Å². The summed E-state index contributed by atoms with van der Waals surface area (Å²) in [5.41, 5.74) is 1.04. The molecule has 0 saturated carbocycles. The minimum atomic E-state index is 0.394. The van der Waals surface area contributed by atoms with Gasteiger partial charge in [-0.3, -0.25) is 5.01 Å². The van der Waals surface area contributed by atoms with Crippen molar-refractivity contribution in [1.29, 1.82) is 0 Å². The Morgan fingerprint density at radius 1 is 1.33 bits per heavy atom. The summed E-state index contributed by atoms with van der Waals surface area (Å²) < 4.78 is 1.20. The Balaban J connectivity index is 2.18. The minimum absolute atomic E-state index is 0.394. The first-order chi connectivity index (χ1) is 8.76. The van der Waals surface area contributed by atoms with E-state index in [1.54, 1.807) is 11.3 Å². The van der Waals surface area contributed by atoms with Crippen LogP contribution in [0, 0.1) is 0 Å². The number of benzene rings is 1. The average molecular weight is 263 g/mol. The summed E-state index contributed by atoms with van der Waals surface area (Å²) in [4.78, 5) is 4.61. The van der Waals surface area contributed by atoms with Gasteiger partial charge >= 0.3 is 0 Å². The lowest BCUT2D eigenvalue weighted by atomic mass is 10.1. The summed E-state index contributed by atoms with van der Waals surface area (Å²) in [5.74, 6) is 6.24. The van der Waals surface area contributed by atoms with Gasteiger partial charge in [-0.05, 0) is 25.0 Å². The Kier molecular flexibility index (Phi) is 4.55. The van der Waals surface area contributed by atoms with Crippen LogP contribution in [0.3, 0.4) is 0 Å². The average Bonchev–Trinajstić information content (AvgIpc) is 2.83. The predicted molar refractivity (Wildman–Crippen MR) is 79.9 cm³/mol. The zero-order valence-corrected chi connectivity index (χ0v) is 11.9. The molecule has 0 amide bonds. The molecule has 0 saturated heterocycles. The van der Waals surface area contributed by atoms with Crippen LogP contribution in [0.5, 0.6) is 0 Å². The van der Waals surface area contributed by atoms with Crippen molar-refractivity contribution in [2.24, 2.45) is 5.84 Å². The minimum Gasteiger partial charge on any atom is -0.283 e. The molecule has 0 bridgehead atoms. The molecule has 0 aliphatic carbocycles. The maximum atomic E-state index is 6.24. The topological polar surface area (TPSA) is 42.1 Å². The number of nitrogens with two attached hydrogens (primary N) is 1. The van der Waals surface area contributed by atoms with E-state index in [2.05, 4.69) is 24.9 Å². The zero-order chi connectivity index (χ0) is 13.0. The lowest BCUT2D eigenvalue weighted by Gasteiger charge is -2.25. The quantitative estimate of drug-likeness (QED) is 0.634. The number of anilines is 1. The number of aromatic nitrogens is 1. The van der Waals surface area contributed by atoms with Gasteiger partial charge in [-0.1, -0.05) is 50.2 Å². The third-order valence-corrected chi connectivity index (χ3v) is 4.31. The normalized spacial score (nSPS) is 12.8. The highest BCUT2D eigenvalue weighted by Gasteiger charge is 2.17. The van der Waals surface area contributed by atoms with Gasteiger partial charge in [0.05, 0.1) is 10.2 Å². The number of rotatable bonds is 6. The van der Waals surface area contributed by atoms with E-state index < -0.39 is 0 Å². The summed E-state index contributed by atoms with van der Waals surface area (Å²) >= 11 is 1.67. The number of thiazole rings is 1. The first-order valence-electron chi connectivity index (χ1n) is 6.65. The van der Waals surface area contributed by atoms with Gasteiger partial charge in [0.25, 0.3) is 0 Å². The second kappa shape index (κ2) is 6.16. The van der Waals surface area contributed by atoms with Gasteiger partial charge in [-0.15, -0.1) is 0 Å². The van der Waals surface area contributed by atoms with Gasteiger partial charge in [0.15, 0.2) is 0 Å². The van der Waals surface area contributed by atoms with E-state index in [0.29, 0.717) is 6.04 Å². The van der Waals surface area contributed by atoms with Crippen LogP contribution >= 0.6 is 11.3 Å². The van der Waals surface area contributed by atoms with Gasteiger partial charge in [0.1, 0.15) is 0 Å². The summed E-state index contributed by atoms with van der Waals surface area (Å²) in [6.45, 7) is 4.40. The van der Waals surface area contributed by atoms with Gasteiger partial charge in [-0.2, -0.15) is 0 Å². The molecule has 2 aromatic rings. The van der Waals surface area contributed by atoms with E-state index in [4.69, 9.17) is 5.84 Å². The molecule has 4 heteroatoms. The Morgan fingerprint density at radius 2 is 2.11 bits per heavy atom. The van der Waals surface area contributed by atoms with Crippen molar-refractivity contribution in [1.82, 2.24) is 4.98 Å². The highest BCUT2D eigenvalue weighted by atomic mass is 32.1. The lowest BCUT2D eigenvalue weighted by Crippen LogP contribution is -2.40. The number of hydrogen-bond acceptors (Lipinski definition) is 4. The van der Waals surface area contributed by atoms with E-state index in [1.807, 2.05) is 23.2 Å². The highest BCUT2D eigenvalue weighted by molar-refractivity contribution is 7.22. The molecular formula is C14H21N3S. The van der Waals surface area contributed by atoms with Gasteiger partial charge in [-0.25, -0.2) is 10.8 Å². The van der Waals surface area contributed by atoms with Crippen molar-refractivity contribution in [3.05, 3.63) is 24.3 Å². The number of unbranched alkanes of at least 4 members (excludes halogenated alkanes) is 1. The van der Waals surface area contributed by atoms with Crippen LogP contribution in [0.1, 0.15) is 39.5 Å². The van der Waals surface area contributed by atoms with Crippen LogP contribution in [0.15, 0.2) is 24.3 Å². The monoisotopic (exact) mass is 263 g/mol. The third-order valence-electron chi connectivity index (χ3n) is 3.26. The molecular weight excluding hydrogens is 242 g/mol. The second-order valence-electron chi connectivity index (χ2n) is 4.58. The van der Waals surface area contributed by atoms with E-state index in [9.17, 15) is 0 Å². The van der Waals surface area contributed by atoms with Crippen LogP contribution < -0.4 is 10.9 Å². The van der Waals surface area contributed by atoms with E-state index in [0.717, 1.165) is 23.5 Å². The van der Waals surface area contributed by atoms with Crippen LogP contribution in [0.25, 0.3) is 10.2 Å². The van der Waals surface area contributed by atoms with Crippen LogP contribution in [-0.2, 0) is 0 Å². The molecule has 0 radical (unpaired) electrons. The van der Waals surface area contributed by atoms with Crippen molar-refractivity contribution in [2.75, 3.05) is 5.01 Å². The van der Waals surface area contributed by atoms with Gasteiger partial charge < -0.3 is 0 Å². The predicted octanol–water partition coefficient (Wildman–Crippen LogP) is 3.95. The Hall–Kier alpha value is -1.13. The van der Waals surface area contributed by atoms with E-state index in [-0.39, 0.29) is 0 Å². The largest absolute Gasteiger partial charge is 0.283 e. The summed E-state index contributed by atoms with van der Waals surface area (Å²) in [6.07, 6.45) is 4.63. The number of hydrazine groups is 1. The van der Waals surface area contributed by atoms with E-state index >= 15 is 0 Å². The van der Waals surface area contributed by atoms with Crippen molar-refractivity contribution in [3.8, 4) is 0 Å². The smallest absolute Gasteiger partial charge is 0.201 e. The molecule has 1 unspecified atom stereocenters. The molecule has 98 valence electrons. The Morgan fingerprint density at radius 3 is 2.78 bits per heavy atom. The Labute approximate surface area is 113 Å². The molecule has 18 heavy (non-hydrogen) atoms. The zero-order valence-electron chi connectivity index (χ0n) is 11.1. The maximum absolute atomic E-state index is 6.24. The van der Waals surface area contributed by atoms with Crippen molar-refractivity contribution in [2.45, 2.75) is 45.6 Å². The molecule has 1 aromatic carbocycles. The standard InChI is InChI=1S/C14H21N3S/c1-3-5-8-11(4-2)17(15)14-16-12-9-6-7-10-13(12)18-14/h6-7,9-11H,3-5,8,15H2,1-2H3. The number of nitrogens with zero attached hydrogens (tertiary/aromatic N) is 2. The van der Waals surface area contributed by atoms with Crippen molar-refractivity contribution in [3.63, 3.8) is 0 Å². The number of para-hydroxylation sites is 1. The van der Waals surface area contributed by atoms with Crippen LogP contribution in [-0.4, -0.2) is 11.0 Å². The van der Waals surface area contributed by atoms with Crippen LogP contribution in [0.2, 0.25) is 0 Å². The van der Waals surface area contributed by atoms with Gasteiger partial charge in [0, 0.05) is 6.04 Å². The fourth-order valence-corrected chi connectivity index (χ4v) is 3.07. The maximum Gasteiger partial charge on any atom is 0.201 e. The summed E-state index contributed by atoms with van der Waals surface area (Å²) in [7, 11) is 0. The molecule has 0 aliphatic rings.